The van der Waals surface area contributed by atoms with Crippen LogP contribution in [-0.2, 0) is 22.7 Å². The average Bonchev–Trinajstić information content (AvgIpc) is 2.74. The quantitative estimate of drug-likeness (QED) is 0.631. The molecule has 1 aliphatic rings. The Hall–Kier alpha value is -3.02. The van der Waals surface area contributed by atoms with Crippen molar-refractivity contribution in [3.05, 3.63) is 71.8 Å². The van der Waals surface area contributed by atoms with Gasteiger partial charge < -0.3 is 20.1 Å². The van der Waals surface area contributed by atoms with Crippen LogP contribution in [0.25, 0.3) is 0 Å². The van der Waals surface area contributed by atoms with Crippen molar-refractivity contribution in [3.63, 3.8) is 0 Å². The van der Waals surface area contributed by atoms with Crippen LogP contribution in [0.4, 0.5) is 9.59 Å². The van der Waals surface area contributed by atoms with E-state index in [1.807, 2.05) is 60.7 Å². The van der Waals surface area contributed by atoms with E-state index in [4.69, 9.17) is 9.47 Å². The topological polar surface area (TPSA) is 76.7 Å². The van der Waals surface area contributed by atoms with Crippen molar-refractivity contribution in [1.82, 2.24) is 10.6 Å². The molecule has 1 saturated carbocycles. The molecule has 32 heavy (non-hydrogen) atoms. The van der Waals surface area contributed by atoms with E-state index in [0.29, 0.717) is 0 Å². The van der Waals surface area contributed by atoms with Crippen LogP contribution in [0.2, 0.25) is 0 Å². The number of nitrogens with one attached hydrogen (secondary N) is 2. The lowest BCUT2D eigenvalue weighted by Gasteiger charge is -2.50. The van der Waals surface area contributed by atoms with Crippen LogP contribution in [0.5, 0.6) is 0 Å². The van der Waals surface area contributed by atoms with Gasteiger partial charge in [-0.2, -0.15) is 0 Å². The highest BCUT2D eigenvalue weighted by Gasteiger charge is 2.47. The Morgan fingerprint density at radius 3 is 1.78 bits per heavy atom. The summed E-state index contributed by atoms with van der Waals surface area (Å²) in [7, 11) is 0. The molecular formula is C26H34N2O4. The van der Waals surface area contributed by atoms with E-state index in [1.54, 1.807) is 0 Å². The van der Waals surface area contributed by atoms with Crippen LogP contribution in [0.3, 0.4) is 0 Å². The van der Waals surface area contributed by atoms with Gasteiger partial charge in [0.25, 0.3) is 0 Å². The molecule has 1 fully saturated rings. The molecule has 0 spiro atoms. The third kappa shape index (κ3) is 6.74. The molecule has 6 nitrogen and oxygen atoms in total. The van der Waals surface area contributed by atoms with E-state index in [-0.39, 0.29) is 36.1 Å². The fraction of sp³-hybridized carbons (Fsp3) is 0.462. The molecule has 2 aromatic carbocycles. The Morgan fingerprint density at radius 2 is 1.28 bits per heavy atom. The van der Waals surface area contributed by atoms with Crippen molar-refractivity contribution >= 4 is 12.2 Å². The summed E-state index contributed by atoms with van der Waals surface area (Å²) >= 11 is 0. The number of hydrogen-bond donors (Lipinski definition) is 2. The van der Waals surface area contributed by atoms with E-state index in [9.17, 15) is 9.59 Å². The van der Waals surface area contributed by atoms with E-state index in [1.165, 1.54) is 0 Å². The molecule has 1 aliphatic carbocycles. The Balaban J connectivity index is 1.63. The van der Waals surface area contributed by atoms with Gasteiger partial charge in [-0.05, 0) is 34.8 Å². The third-order valence-electron chi connectivity index (χ3n) is 5.95. The first-order valence-electron chi connectivity index (χ1n) is 11.1. The second-order valence-corrected chi connectivity index (χ2v) is 10.0. The first kappa shape index (κ1) is 23.6. The minimum absolute atomic E-state index is 0.00694. The van der Waals surface area contributed by atoms with Crippen LogP contribution in [0.1, 0.15) is 51.7 Å². The van der Waals surface area contributed by atoms with Crippen LogP contribution in [0, 0.1) is 10.8 Å². The summed E-state index contributed by atoms with van der Waals surface area (Å²) in [5.41, 5.74) is 1.61. The SMILES string of the molecule is CC1(C)C[C@@H](NC(=O)OCc2ccccc2)[C@H](NC(=O)OCc2ccccc2)C(C)(C)C1. The molecule has 0 aromatic heterocycles. The molecule has 0 unspecified atom stereocenters. The maximum Gasteiger partial charge on any atom is 0.407 e. The van der Waals surface area contributed by atoms with E-state index < -0.39 is 12.2 Å². The highest BCUT2D eigenvalue weighted by Crippen LogP contribution is 2.46. The van der Waals surface area contributed by atoms with Gasteiger partial charge in [0.1, 0.15) is 13.2 Å². The summed E-state index contributed by atoms with van der Waals surface area (Å²) in [5.74, 6) is 0. The zero-order valence-corrected chi connectivity index (χ0v) is 19.4. The number of benzene rings is 2. The zero-order valence-electron chi connectivity index (χ0n) is 19.4. The lowest BCUT2D eigenvalue weighted by molar-refractivity contribution is 0.0347. The summed E-state index contributed by atoms with van der Waals surface area (Å²) in [6.07, 6.45) is 0.648. The van der Waals surface area contributed by atoms with Gasteiger partial charge in [0.05, 0.1) is 12.1 Å². The number of carbonyl (C=O) groups excluding carboxylic acids is 2. The van der Waals surface area contributed by atoms with E-state index >= 15 is 0 Å². The maximum absolute atomic E-state index is 12.6. The van der Waals surface area contributed by atoms with Gasteiger partial charge in [0, 0.05) is 0 Å². The highest BCUT2D eigenvalue weighted by molar-refractivity contribution is 5.70. The van der Waals surface area contributed by atoms with Gasteiger partial charge in [-0.25, -0.2) is 9.59 Å². The van der Waals surface area contributed by atoms with Crippen LogP contribution >= 0.6 is 0 Å². The maximum atomic E-state index is 12.6. The first-order chi connectivity index (χ1) is 15.1. The molecule has 172 valence electrons. The predicted molar refractivity (Wildman–Crippen MR) is 124 cm³/mol. The molecule has 0 saturated heterocycles. The number of carbonyl (C=O) groups is 2. The Labute approximate surface area is 190 Å². The summed E-state index contributed by atoms with van der Waals surface area (Å²) in [6, 6.07) is 18.5. The Kier molecular flexibility index (Phi) is 7.44. The lowest BCUT2D eigenvalue weighted by Crippen LogP contribution is -2.63. The zero-order chi connectivity index (χ0) is 23.2. The normalized spacial score (nSPS) is 21.2. The number of hydrogen-bond acceptors (Lipinski definition) is 4. The Morgan fingerprint density at radius 1 is 0.812 bits per heavy atom. The molecule has 2 atom stereocenters. The van der Waals surface area contributed by atoms with Crippen molar-refractivity contribution in [1.29, 1.82) is 0 Å². The fourth-order valence-electron chi connectivity index (χ4n) is 4.91. The minimum Gasteiger partial charge on any atom is -0.445 e. The van der Waals surface area contributed by atoms with Gasteiger partial charge in [-0.3, -0.25) is 0 Å². The molecular weight excluding hydrogens is 404 g/mol. The molecule has 2 amide bonds. The predicted octanol–water partition coefficient (Wildman–Crippen LogP) is 5.42. The summed E-state index contributed by atoms with van der Waals surface area (Å²) in [6.45, 7) is 8.98. The lowest BCUT2D eigenvalue weighted by atomic mass is 9.61. The largest absolute Gasteiger partial charge is 0.445 e. The first-order valence-corrected chi connectivity index (χ1v) is 11.1. The van der Waals surface area contributed by atoms with Crippen molar-refractivity contribution in [2.45, 2.75) is 65.8 Å². The molecule has 2 N–H and O–H groups in total. The van der Waals surface area contributed by atoms with Gasteiger partial charge in [0.2, 0.25) is 0 Å². The standard InChI is InChI=1S/C26H34N2O4/c1-25(2)15-21(27-23(29)31-16-19-11-7-5-8-12-19)22(26(3,4)18-25)28-24(30)32-17-20-13-9-6-10-14-20/h5-14,21-22H,15-18H2,1-4H3,(H,27,29)(H,28,30)/t21-,22+/m1/s1. The van der Waals surface area contributed by atoms with Crippen LogP contribution in [0.15, 0.2) is 60.7 Å². The van der Waals surface area contributed by atoms with Crippen LogP contribution in [-0.4, -0.2) is 24.3 Å². The van der Waals surface area contributed by atoms with Crippen molar-refractivity contribution < 1.29 is 19.1 Å². The number of rotatable bonds is 6. The molecule has 0 heterocycles. The number of amides is 2. The van der Waals surface area contributed by atoms with Gasteiger partial charge in [0.15, 0.2) is 0 Å². The third-order valence-corrected chi connectivity index (χ3v) is 5.95. The van der Waals surface area contributed by atoms with E-state index in [0.717, 1.165) is 24.0 Å². The van der Waals surface area contributed by atoms with Crippen molar-refractivity contribution in [3.8, 4) is 0 Å². The van der Waals surface area contributed by atoms with E-state index in [2.05, 4.69) is 38.3 Å². The molecule has 6 heteroatoms. The second kappa shape index (κ2) is 10.1. The summed E-state index contributed by atoms with van der Waals surface area (Å²) < 4.78 is 10.9. The average molecular weight is 439 g/mol. The summed E-state index contributed by atoms with van der Waals surface area (Å²) in [5, 5.41) is 6.01. The van der Waals surface area contributed by atoms with Gasteiger partial charge >= 0.3 is 12.2 Å². The molecule has 0 aliphatic heterocycles. The number of ether oxygens (including phenoxy) is 2. The smallest absolute Gasteiger partial charge is 0.407 e. The Bertz CT molecular complexity index is 897. The number of alkyl carbamates (subject to hydrolysis) is 2. The molecule has 2 aromatic rings. The fourth-order valence-corrected chi connectivity index (χ4v) is 4.91. The second-order valence-electron chi connectivity index (χ2n) is 10.0. The van der Waals surface area contributed by atoms with Crippen molar-refractivity contribution in [2.24, 2.45) is 10.8 Å². The minimum atomic E-state index is -0.490. The van der Waals surface area contributed by atoms with Crippen molar-refractivity contribution in [2.75, 3.05) is 0 Å². The monoisotopic (exact) mass is 438 g/mol. The molecule has 3 rings (SSSR count). The van der Waals surface area contributed by atoms with Gasteiger partial charge in [-0.1, -0.05) is 88.4 Å². The summed E-state index contributed by atoms with van der Waals surface area (Å²) in [4.78, 5) is 25.2. The van der Waals surface area contributed by atoms with Crippen LogP contribution < -0.4 is 10.6 Å². The molecule has 0 radical (unpaired) electrons. The molecule has 0 bridgehead atoms. The highest BCUT2D eigenvalue weighted by atomic mass is 16.6. The van der Waals surface area contributed by atoms with Gasteiger partial charge in [-0.15, -0.1) is 0 Å².